The number of aromatic nitrogens is 1. The van der Waals surface area contributed by atoms with E-state index in [1.54, 1.807) is 12.1 Å². The Morgan fingerprint density at radius 3 is 2.53 bits per heavy atom. The summed E-state index contributed by atoms with van der Waals surface area (Å²) < 4.78 is 12.4. The fraction of sp³-hybridized carbons (Fsp3) is 0.208. The minimum absolute atomic E-state index is 0.0602. The van der Waals surface area contributed by atoms with Crippen LogP contribution in [0.3, 0.4) is 0 Å². The molecular formula is C24H18Cl2N2O4. The van der Waals surface area contributed by atoms with Crippen molar-refractivity contribution in [2.75, 3.05) is 4.90 Å². The lowest BCUT2D eigenvalue weighted by molar-refractivity contribution is -0.129. The van der Waals surface area contributed by atoms with E-state index in [-0.39, 0.29) is 28.1 Å². The Bertz CT molecular complexity index is 1320. The smallest absolute Gasteiger partial charge is 0.295 e. The second-order valence-electron chi connectivity index (χ2n) is 7.69. The predicted molar refractivity (Wildman–Crippen MR) is 124 cm³/mol. The van der Waals surface area contributed by atoms with E-state index in [0.29, 0.717) is 22.6 Å². The predicted octanol–water partition coefficient (Wildman–Crippen LogP) is 6.47. The highest BCUT2D eigenvalue weighted by Gasteiger charge is 2.27. The van der Waals surface area contributed by atoms with Gasteiger partial charge in [-0.05, 0) is 37.8 Å². The number of fused-ring (bicyclic) bond motifs is 3. The standard InChI is InChI=1S/C24H18Cl2N2O4/c25-18-11-27-12-19(26)23(18)28(22(30)13-29)14-9-17-16-7-3-4-8-20(16)32-24(17)21(10-14)31-15-5-1-2-6-15/h3-4,7-13,15H,1-2,5-6H2. The van der Waals surface area contributed by atoms with Crippen LogP contribution in [0.4, 0.5) is 11.4 Å². The molecule has 1 fully saturated rings. The summed E-state index contributed by atoms with van der Waals surface area (Å²) >= 11 is 12.7. The van der Waals surface area contributed by atoms with Crippen molar-refractivity contribution in [1.82, 2.24) is 4.98 Å². The normalized spacial score (nSPS) is 14.2. The SMILES string of the molecule is O=CC(=O)N(c1cc(OC2CCCC2)c2oc3ccccc3c2c1)c1c(Cl)cncc1Cl. The van der Waals surface area contributed by atoms with E-state index < -0.39 is 5.91 Å². The number of para-hydroxylation sites is 1. The highest BCUT2D eigenvalue weighted by atomic mass is 35.5. The summed E-state index contributed by atoms with van der Waals surface area (Å²) in [7, 11) is 0. The van der Waals surface area contributed by atoms with Crippen LogP contribution >= 0.6 is 23.2 Å². The molecule has 2 heterocycles. The summed E-state index contributed by atoms with van der Waals surface area (Å²) in [4.78, 5) is 29.5. The van der Waals surface area contributed by atoms with Gasteiger partial charge in [0, 0.05) is 29.2 Å². The summed E-state index contributed by atoms with van der Waals surface area (Å²) in [6, 6.07) is 11.1. The highest BCUT2D eigenvalue weighted by Crippen LogP contribution is 2.43. The van der Waals surface area contributed by atoms with Crippen molar-refractivity contribution < 1.29 is 18.7 Å². The van der Waals surface area contributed by atoms with E-state index in [9.17, 15) is 9.59 Å². The van der Waals surface area contributed by atoms with Crippen LogP contribution < -0.4 is 9.64 Å². The number of amides is 1. The maximum Gasteiger partial charge on any atom is 0.295 e. The molecule has 0 unspecified atom stereocenters. The number of hydrogen-bond acceptors (Lipinski definition) is 5. The first kappa shape index (κ1) is 20.8. The Morgan fingerprint density at radius 1 is 1.09 bits per heavy atom. The molecule has 1 saturated carbocycles. The van der Waals surface area contributed by atoms with Crippen molar-refractivity contribution in [3.05, 3.63) is 58.8 Å². The van der Waals surface area contributed by atoms with Gasteiger partial charge in [0.05, 0.1) is 27.5 Å². The Kier molecular flexibility index (Phi) is 5.49. The first-order chi connectivity index (χ1) is 15.6. The zero-order valence-corrected chi connectivity index (χ0v) is 18.4. The molecule has 0 bridgehead atoms. The van der Waals surface area contributed by atoms with E-state index in [4.69, 9.17) is 32.4 Å². The molecule has 32 heavy (non-hydrogen) atoms. The van der Waals surface area contributed by atoms with E-state index in [0.717, 1.165) is 36.5 Å². The molecule has 0 radical (unpaired) electrons. The first-order valence-corrected chi connectivity index (χ1v) is 11.0. The van der Waals surface area contributed by atoms with Crippen LogP contribution in [0, 0.1) is 0 Å². The molecular weight excluding hydrogens is 451 g/mol. The third kappa shape index (κ3) is 3.59. The number of nitrogens with zero attached hydrogens (tertiary/aromatic N) is 2. The van der Waals surface area contributed by atoms with Crippen molar-refractivity contribution in [3.8, 4) is 5.75 Å². The summed E-state index contributed by atoms with van der Waals surface area (Å²) in [5.41, 5.74) is 1.86. The first-order valence-electron chi connectivity index (χ1n) is 10.3. The third-order valence-corrected chi connectivity index (χ3v) is 6.21. The number of ether oxygens (including phenoxy) is 1. The molecule has 5 rings (SSSR count). The zero-order chi connectivity index (χ0) is 22.2. The van der Waals surface area contributed by atoms with Gasteiger partial charge in [-0.25, -0.2) is 0 Å². The van der Waals surface area contributed by atoms with Crippen LogP contribution in [-0.4, -0.2) is 23.3 Å². The molecule has 1 aliphatic carbocycles. The minimum atomic E-state index is -0.820. The van der Waals surface area contributed by atoms with Gasteiger partial charge in [-0.15, -0.1) is 0 Å². The zero-order valence-electron chi connectivity index (χ0n) is 16.9. The van der Waals surface area contributed by atoms with E-state index in [1.807, 2.05) is 24.3 Å². The van der Waals surface area contributed by atoms with Crippen molar-refractivity contribution in [3.63, 3.8) is 0 Å². The highest BCUT2D eigenvalue weighted by molar-refractivity contribution is 6.42. The molecule has 0 atom stereocenters. The fourth-order valence-electron chi connectivity index (χ4n) is 4.22. The number of anilines is 2. The fourth-order valence-corrected chi connectivity index (χ4v) is 4.75. The maximum absolute atomic E-state index is 12.8. The van der Waals surface area contributed by atoms with Gasteiger partial charge in [-0.3, -0.25) is 19.5 Å². The summed E-state index contributed by atoms with van der Waals surface area (Å²) in [5, 5.41) is 1.91. The molecule has 2 aromatic carbocycles. The topological polar surface area (TPSA) is 72.6 Å². The number of carbonyl (C=O) groups excluding carboxylic acids is 2. The molecule has 2 aromatic heterocycles. The van der Waals surface area contributed by atoms with Crippen LogP contribution in [-0.2, 0) is 9.59 Å². The summed E-state index contributed by atoms with van der Waals surface area (Å²) in [6.07, 6.45) is 7.13. The molecule has 1 amide bonds. The third-order valence-electron chi connectivity index (χ3n) is 5.66. The van der Waals surface area contributed by atoms with E-state index >= 15 is 0 Å². The Morgan fingerprint density at radius 2 is 1.81 bits per heavy atom. The van der Waals surface area contributed by atoms with Crippen LogP contribution in [0.5, 0.6) is 5.75 Å². The number of rotatable bonds is 5. The molecule has 4 aromatic rings. The Hall–Kier alpha value is -3.09. The Balaban J connectivity index is 1.76. The lowest BCUT2D eigenvalue weighted by Gasteiger charge is -2.24. The summed E-state index contributed by atoms with van der Waals surface area (Å²) in [5.74, 6) is -0.315. The van der Waals surface area contributed by atoms with E-state index in [1.165, 1.54) is 17.3 Å². The van der Waals surface area contributed by atoms with Crippen molar-refractivity contribution in [1.29, 1.82) is 0 Å². The second-order valence-corrected chi connectivity index (χ2v) is 8.50. The van der Waals surface area contributed by atoms with Gasteiger partial charge in [0.2, 0.25) is 6.29 Å². The van der Waals surface area contributed by atoms with Gasteiger partial charge in [-0.1, -0.05) is 41.4 Å². The molecule has 0 saturated heterocycles. The molecule has 8 heteroatoms. The quantitative estimate of drug-likeness (QED) is 0.247. The van der Waals surface area contributed by atoms with Gasteiger partial charge in [0.1, 0.15) is 5.58 Å². The monoisotopic (exact) mass is 468 g/mol. The van der Waals surface area contributed by atoms with Gasteiger partial charge < -0.3 is 9.15 Å². The van der Waals surface area contributed by atoms with Crippen LogP contribution in [0.25, 0.3) is 21.9 Å². The van der Waals surface area contributed by atoms with Gasteiger partial charge in [-0.2, -0.15) is 0 Å². The van der Waals surface area contributed by atoms with Crippen molar-refractivity contribution in [2.45, 2.75) is 31.8 Å². The molecule has 0 spiro atoms. The molecule has 6 nitrogen and oxygen atoms in total. The van der Waals surface area contributed by atoms with Crippen LogP contribution in [0.2, 0.25) is 10.0 Å². The largest absolute Gasteiger partial charge is 0.486 e. The maximum atomic E-state index is 12.8. The molecule has 0 N–H and O–H groups in total. The number of aldehydes is 1. The number of halogens is 2. The van der Waals surface area contributed by atoms with Crippen molar-refractivity contribution >= 4 is 68.7 Å². The lowest BCUT2D eigenvalue weighted by atomic mass is 10.1. The number of pyridine rings is 1. The lowest BCUT2D eigenvalue weighted by Crippen LogP contribution is -2.27. The number of benzene rings is 2. The number of hydrogen-bond donors (Lipinski definition) is 0. The second kappa shape index (κ2) is 8.45. The van der Waals surface area contributed by atoms with E-state index in [2.05, 4.69) is 4.98 Å². The summed E-state index contributed by atoms with van der Waals surface area (Å²) in [6.45, 7) is 0. The molecule has 0 aliphatic heterocycles. The molecule has 1 aliphatic rings. The average molecular weight is 469 g/mol. The average Bonchev–Trinajstić information content (AvgIpc) is 3.44. The van der Waals surface area contributed by atoms with Gasteiger partial charge in [0.25, 0.3) is 5.91 Å². The molecule has 162 valence electrons. The van der Waals surface area contributed by atoms with Gasteiger partial charge in [0.15, 0.2) is 11.3 Å². The van der Waals surface area contributed by atoms with Crippen LogP contribution in [0.1, 0.15) is 25.7 Å². The Labute approximate surface area is 193 Å². The van der Waals surface area contributed by atoms with Crippen LogP contribution in [0.15, 0.2) is 53.2 Å². The number of furan rings is 1. The van der Waals surface area contributed by atoms with Crippen molar-refractivity contribution in [2.24, 2.45) is 0 Å². The minimum Gasteiger partial charge on any atom is -0.486 e. The van der Waals surface area contributed by atoms with Gasteiger partial charge >= 0.3 is 0 Å². The number of carbonyl (C=O) groups is 2.